The fourth-order valence-corrected chi connectivity index (χ4v) is 6.19. The number of allylic oxidation sites excluding steroid dienone is 18. The fourth-order valence-electron chi connectivity index (χ4n) is 6.19. The normalized spacial score (nSPS) is 26.2. The van der Waals surface area contributed by atoms with Gasteiger partial charge in [-0.15, -0.1) is 0 Å². The van der Waals surface area contributed by atoms with Gasteiger partial charge in [0.25, 0.3) is 0 Å². The average Bonchev–Trinajstić information content (AvgIpc) is 2.87. The lowest BCUT2D eigenvalue weighted by molar-refractivity contribution is 0.116. The molecule has 2 unspecified atom stereocenters. The minimum absolute atomic E-state index is 0.0275. The molecular weight excluding hydrogens is 528 g/mol. The number of rotatable bonds is 11. The van der Waals surface area contributed by atoms with Crippen LogP contribution < -0.4 is 0 Å². The summed E-state index contributed by atoms with van der Waals surface area (Å²) in [7, 11) is 0. The lowest BCUT2D eigenvalue weighted by Gasteiger charge is -2.38. The average molecular weight is 585 g/mol. The third-order valence-corrected chi connectivity index (χ3v) is 8.41. The molecule has 0 heterocycles. The van der Waals surface area contributed by atoms with Crippen LogP contribution in [0.4, 0.5) is 0 Å². The monoisotopic (exact) mass is 584 g/mol. The van der Waals surface area contributed by atoms with Crippen molar-refractivity contribution in [2.24, 2.45) is 16.7 Å². The molecule has 0 fully saturated rings. The maximum absolute atomic E-state index is 10.1. The Bertz CT molecular complexity index is 1290. The van der Waals surface area contributed by atoms with Gasteiger partial charge in [-0.1, -0.05) is 147 Å². The Balaban J connectivity index is 1.94. The number of hydrogen-bond acceptors (Lipinski definition) is 3. The molecule has 2 rings (SSSR count). The third kappa shape index (κ3) is 12.3. The Morgan fingerprint density at radius 3 is 2.00 bits per heavy atom. The molecule has 0 spiro atoms. The summed E-state index contributed by atoms with van der Waals surface area (Å²) in [6.07, 6.45) is 32.5. The van der Waals surface area contributed by atoms with Crippen LogP contribution in [0.3, 0.4) is 0 Å². The highest BCUT2D eigenvalue weighted by molar-refractivity contribution is 5.38. The van der Waals surface area contributed by atoms with E-state index in [1.54, 1.807) is 0 Å². The molecule has 0 saturated heterocycles. The smallest absolute Gasteiger partial charge is 0.0729 e. The molecule has 0 radical (unpaired) electrons. The van der Waals surface area contributed by atoms with E-state index in [2.05, 4.69) is 105 Å². The quantitative estimate of drug-likeness (QED) is 0.167. The van der Waals surface area contributed by atoms with E-state index in [-0.39, 0.29) is 29.6 Å². The highest BCUT2D eigenvalue weighted by atomic mass is 16.3. The summed E-state index contributed by atoms with van der Waals surface area (Å²) in [6, 6.07) is 0. The largest absolute Gasteiger partial charge is 0.393 e. The van der Waals surface area contributed by atoms with Gasteiger partial charge in [-0.2, -0.15) is 0 Å². The van der Waals surface area contributed by atoms with Crippen LogP contribution in [-0.4, -0.2) is 34.1 Å². The highest BCUT2D eigenvalue weighted by Crippen LogP contribution is 2.42. The Hall–Kier alpha value is -2.98. The lowest BCUT2D eigenvalue weighted by Crippen LogP contribution is -2.32. The topological polar surface area (TPSA) is 60.7 Å². The van der Waals surface area contributed by atoms with Crippen molar-refractivity contribution >= 4 is 0 Å². The summed E-state index contributed by atoms with van der Waals surface area (Å²) in [4.78, 5) is 0. The summed E-state index contributed by atoms with van der Waals surface area (Å²) in [5.41, 5.74) is 8.08. The van der Waals surface area contributed by atoms with Gasteiger partial charge in [0.15, 0.2) is 0 Å². The van der Waals surface area contributed by atoms with Gasteiger partial charge >= 0.3 is 0 Å². The molecule has 3 N–H and O–H groups in total. The second-order valence-corrected chi connectivity index (χ2v) is 13.7. The van der Waals surface area contributed by atoms with E-state index in [4.69, 9.17) is 0 Å². The van der Waals surface area contributed by atoms with Crippen LogP contribution in [0, 0.1) is 16.7 Å². The van der Waals surface area contributed by atoms with E-state index in [9.17, 15) is 15.3 Å². The first-order valence-corrected chi connectivity index (χ1v) is 15.6. The lowest BCUT2D eigenvalue weighted by atomic mass is 9.67. The molecule has 0 aromatic rings. The molecule has 3 heteroatoms. The van der Waals surface area contributed by atoms with Gasteiger partial charge < -0.3 is 15.3 Å². The van der Waals surface area contributed by atoms with E-state index in [0.717, 1.165) is 36.0 Å². The van der Waals surface area contributed by atoms with Gasteiger partial charge in [0.2, 0.25) is 0 Å². The number of hydrogen-bond donors (Lipinski definition) is 3. The van der Waals surface area contributed by atoms with Crippen molar-refractivity contribution in [3.05, 3.63) is 130 Å². The zero-order valence-electron chi connectivity index (χ0n) is 28.1. The van der Waals surface area contributed by atoms with Gasteiger partial charge in [0, 0.05) is 5.92 Å². The first-order valence-electron chi connectivity index (χ1n) is 15.6. The van der Waals surface area contributed by atoms with Crippen LogP contribution in [0.2, 0.25) is 0 Å². The van der Waals surface area contributed by atoms with Crippen LogP contribution in [0.25, 0.3) is 0 Å². The van der Waals surface area contributed by atoms with Gasteiger partial charge in [-0.3, -0.25) is 0 Å². The molecule has 0 aromatic heterocycles. The van der Waals surface area contributed by atoms with Crippen LogP contribution in [0.5, 0.6) is 0 Å². The number of aliphatic hydroxyl groups excluding tert-OH is 3. The van der Waals surface area contributed by atoms with E-state index in [1.165, 1.54) is 22.3 Å². The molecule has 234 valence electrons. The fraction of sp³-hybridized carbons (Fsp3) is 0.450. The first-order chi connectivity index (χ1) is 20.1. The number of aliphatic hydroxyl groups is 3. The van der Waals surface area contributed by atoms with E-state index >= 15 is 0 Å². The van der Waals surface area contributed by atoms with Gasteiger partial charge in [0.1, 0.15) is 0 Å². The summed E-state index contributed by atoms with van der Waals surface area (Å²) in [5.74, 6) is 0.330. The summed E-state index contributed by atoms with van der Waals surface area (Å²) >= 11 is 0. The van der Waals surface area contributed by atoms with Crippen molar-refractivity contribution in [3.63, 3.8) is 0 Å². The minimum atomic E-state index is -0.343. The summed E-state index contributed by atoms with van der Waals surface area (Å²) in [5, 5.41) is 29.9. The van der Waals surface area contributed by atoms with Gasteiger partial charge in [-0.25, -0.2) is 0 Å². The molecule has 0 amide bonds. The van der Waals surface area contributed by atoms with Crippen molar-refractivity contribution in [2.45, 2.75) is 93.8 Å². The van der Waals surface area contributed by atoms with Crippen LogP contribution in [0.15, 0.2) is 130 Å². The highest BCUT2D eigenvalue weighted by Gasteiger charge is 2.34. The molecule has 0 bridgehead atoms. The maximum Gasteiger partial charge on any atom is 0.0729 e. The van der Waals surface area contributed by atoms with Crippen LogP contribution >= 0.6 is 0 Å². The Labute approximate surface area is 262 Å². The van der Waals surface area contributed by atoms with Crippen LogP contribution in [0.1, 0.15) is 81.6 Å². The first kappa shape index (κ1) is 36.2. The molecule has 3 atom stereocenters. The predicted molar refractivity (Wildman–Crippen MR) is 186 cm³/mol. The molecule has 3 nitrogen and oxygen atoms in total. The van der Waals surface area contributed by atoms with Crippen molar-refractivity contribution in [2.75, 3.05) is 6.61 Å². The van der Waals surface area contributed by atoms with Gasteiger partial charge in [0.05, 0.1) is 18.8 Å². The molecule has 0 saturated carbocycles. The summed E-state index contributed by atoms with van der Waals surface area (Å²) < 4.78 is 0. The Morgan fingerprint density at radius 1 is 0.791 bits per heavy atom. The van der Waals surface area contributed by atoms with Gasteiger partial charge in [-0.05, 0) is 75.9 Å². The standard InChI is InChI=1S/C40H56O3/c1-29(15-12-16-30(2)20-22-37-32(4)24-35(42)26-39(37,6)7)14-10-11-18-34(28-41)19-13-17-31(3)21-23-38-33(5)25-36(43)27-40(38,8)9/h10-24,35-37,41-43H,25-28H2,1-9H3/b11-10+,15-12+,19-13+,22-20+,23-21+,29-14+,30-16+,31-17+,34-18-/t35?,36?,37-/m0/s1. The molecule has 0 aliphatic heterocycles. The van der Waals surface area contributed by atoms with E-state index < -0.39 is 0 Å². The molecule has 0 aromatic carbocycles. The minimum Gasteiger partial charge on any atom is -0.393 e. The maximum atomic E-state index is 10.1. The third-order valence-electron chi connectivity index (χ3n) is 8.41. The second kappa shape index (κ2) is 16.8. The van der Waals surface area contributed by atoms with Crippen LogP contribution in [-0.2, 0) is 0 Å². The SMILES string of the molecule is CC1=CC(O)CC(C)(C)[C@H]1/C=C/C(C)=C/C=C/C(C)=C/C=C/C=C(/C=C/C=C(C)/C=C/C1=C(C)CC(O)CC1(C)C)CO. The second-order valence-electron chi connectivity index (χ2n) is 13.7. The van der Waals surface area contributed by atoms with Crippen molar-refractivity contribution in [3.8, 4) is 0 Å². The zero-order chi connectivity index (χ0) is 32.2. The van der Waals surface area contributed by atoms with Crippen molar-refractivity contribution in [1.82, 2.24) is 0 Å². The zero-order valence-corrected chi connectivity index (χ0v) is 28.1. The molecule has 43 heavy (non-hydrogen) atoms. The predicted octanol–water partition coefficient (Wildman–Crippen LogP) is 9.38. The molecule has 2 aliphatic rings. The van der Waals surface area contributed by atoms with Crippen molar-refractivity contribution in [1.29, 1.82) is 0 Å². The molecular formula is C40H56O3. The molecule has 2 aliphatic carbocycles. The summed E-state index contributed by atoms with van der Waals surface area (Å²) in [6.45, 7) is 19.3. The Kier molecular flexibility index (Phi) is 14.1. The van der Waals surface area contributed by atoms with Crippen molar-refractivity contribution < 1.29 is 15.3 Å². The van der Waals surface area contributed by atoms with E-state index in [1.807, 2.05) is 48.6 Å². The van der Waals surface area contributed by atoms with E-state index in [0.29, 0.717) is 5.92 Å². The Morgan fingerprint density at radius 2 is 1.37 bits per heavy atom.